The second-order valence-electron chi connectivity index (χ2n) is 14.8. The predicted octanol–water partition coefficient (Wildman–Crippen LogP) is 13.4. The molecule has 0 aliphatic rings. The van der Waals surface area contributed by atoms with Gasteiger partial charge in [0.2, 0.25) is 0 Å². The fraction of sp³-hybridized carbons (Fsp3) is 0.138. The van der Waals surface area contributed by atoms with Crippen molar-refractivity contribution in [2.75, 3.05) is 26.4 Å². The van der Waals surface area contributed by atoms with Crippen LogP contribution in [0.2, 0.25) is 0 Å². The lowest BCUT2D eigenvalue weighted by Gasteiger charge is -2.11. The number of hydrogen-bond acceptors (Lipinski definition) is 6. The minimum absolute atomic E-state index is 0.585. The van der Waals surface area contributed by atoms with Gasteiger partial charge in [0.25, 0.3) is 0 Å². The van der Waals surface area contributed by atoms with Crippen LogP contribution in [0.3, 0.4) is 0 Å². The van der Waals surface area contributed by atoms with Gasteiger partial charge in [0, 0.05) is 23.3 Å². The Morgan fingerprint density at radius 3 is 1.01 bits per heavy atom. The van der Waals surface area contributed by atoms with Gasteiger partial charge in [-0.25, -0.2) is 8.83 Å². The van der Waals surface area contributed by atoms with Crippen molar-refractivity contribution < 1.29 is 42.1 Å². The highest BCUT2D eigenvalue weighted by atomic mass is 19.1. The van der Waals surface area contributed by atoms with Gasteiger partial charge in [-0.05, 0) is 111 Å². The van der Waals surface area contributed by atoms with Crippen LogP contribution >= 0.6 is 0 Å². The molecule has 0 aliphatic carbocycles. The van der Waals surface area contributed by atoms with Crippen LogP contribution in [0, 0.1) is 0 Å². The smallest absolute Gasteiger partial charge is 0.361 e. The van der Waals surface area contributed by atoms with Crippen molar-refractivity contribution >= 4 is 31.7 Å². The van der Waals surface area contributed by atoms with Crippen molar-refractivity contribution in [1.82, 2.24) is 0 Å². The van der Waals surface area contributed by atoms with Crippen LogP contribution in [0.5, 0.6) is 23.0 Å². The average molecular weight is 909 g/mol. The molecule has 0 unspecified atom stereocenters. The van der Waals surface area contributed by atoms with Gasteiger partial charge in [0.1, 0.15) is 7.40 Å². The van der Waals surface area contributed by atoms with E-state index in [1.54, 1.807) is 0 Å². The van der Waals surface area contributed by atoms with Gasteiger partial charge in [-0.1, -0.05) is 109 Å². The van der Waals surface area contributed by atoms with Crippen molar-refractivity contribution in [2.45, 2.75) is 27.7 Å². The van der Waals surface area contributed by atoms with Crippen LogP contribution in [0.15, 0.2) is 191 Å². The molecule has 0 amide bonds. The molecule has 0 bridgehead atoms. The van der Waals surface area contributed by atoms with Gasteiger partial charge < -0.3 is 33.3 Å². The summed E-state index contributed by atoms with van der Waals surface area (Å²) in [6.45, 7) is 10.2. The number of halogens is 1. The first-order valence-corrected chi connectivity index (χ1v) is 22.6. The van der Waals surface area contributed by atoms with Crippen molar-refractivity contribution in [1.29, 1.82) is 0 Å². The molecule has 0 saturated heterocycles. The largest absolute Gasteiger partial charge is 0.867 e. The highest BCUT2D eigenvalue weighted by molar-refractivity contribution is 6.27. The Morgan fingerprint density at radius 2 is 0.691 bits per heavy atom. The van der Waals surface area contributed by atoms with Crippen LogP contribution in [-0.4, -0.2) is 33.8 Å². The van der Waals surface area contributed by atoms with Gasteiger partial charge in [-0.3, -0.25) is 0 Å². The molecule has 8 aromatic rings. The first-order chi connectivity index (χ1) is 33.3. The summed E-state index contributed by atoms with van der Waals surface area (Å²) in [6.07, 6.45) is 8.04. The van der Waals surface area contributed by atoms with Crippen molar-refractivity contribution in [3.63, 3.8) is 0 Å². The monoisotopic (exact) mass is 908 g/mol. The fourth-order valence-electron chi connectivity index (χ4n) is 6.99. The third-order valence-electron chi connectivity index (χ3n) is 9.97. The third kappa shape index (κ3) is 15.1. The summed E-state index contributed by atoms with van der Waals surface area (Å²) in [4.78, 5) is 0. The molecule has 6 aromatic carbocycles. The summed E-state index contributed by atoms with van der Waals surface area (Å²) in [5.41, 5.74) is 8.62. The molecule has 0 spiro atoms. The molecule has 344 valence electrons. The Labute approximate surface area is 399 Å². The maximum atomic E-state index is 9.89. The molecule has 8 rings (SSSR count). The molecule has 2 heterocycles. The molecule has 0 fully saturated rings. The maximum Gasteiger partial charge on any atom is 0.361 e. The first kappa shape index (κ1) is 49.6. The number of hydrogen-bond donors (Lipinski definition) is 0. The van der Waals surface area contributed by atoms with Gasteiger partial charge in [0.05, 0.1) is 61.8 Å². The second kappa shape index (κ2) is 26.4. The van der Waals surface area contributed by atoms with Gasteiger partial charge in [0.15, 0.2) is 23.0 Å². The van der Waals surface area contributed by atoms with Crippen molar-refractivity contribution in [2.24, 2.45) is 0 Å². The van der Waals surface area contributed by atoms with Crippen LogP contribution in [0.4, 0.5) is 4.32 Å². The van der Waals surface area contributed by atoms with E-state index in [1.165, 1.54) is 0 Å². The first-order valence-electron chi connectivity index (χ1n) is 22.6. The third-order valence-corrected chi connectivity index (χ3v) is 9.97. The van der Waals surface area contributed by atoms with Crippen molar-refractivity contribution in [3.05, 3.63) is 205 Å². The summed E-state index contributed by atoms with van der Waals surface area (Å²) >= 11 is 0. The van der Waals surface area contributed by atoms with Gasteiger partial charge in [-0.15, -0.1) is 0 Å². The van der Waals surface area contributed by atoms with Crippen LogP contribution in [-0.2, 0) is 0 Å². The Bertz CT molecular complexity index is 2510. The Kier molecular flexibility index (Phi) is 19.3. The highest BCUT2D eigenvalue weighted by Crippen LogP contribution is 2.34. The summed E-state index contributed by atoms with van der Waals surface area (Å²) in [7, 11) is -3.17. The Balaban J connectivity index is 0.000000208. The minimum atomic E-state index is -3.17. The highest BCUT2D eigenvalue weighted by Gasteiger charge is 2.19. The summed E-state index contributed by atoms with van der Waals surface area (Å²) in [5, 5.41) is 16.6. The molecule has 8 nitrogen and oxygen atoms in total. The van der Waals surface area contributed by atoms with E-state index in [1.807, 2.05) is 161 Å². The van der Waals surface area contributed by atoms with Crippen LogP contribution in [0.25, 0.3) is 69.2 Å². The molecule has 68 heavy (non-hydrogen) atoms. The van der Waals surface area contributed by atoms with Crippen molar-refractivity contribution in [3.8, 4) is 67.9 Å². The van der Waals surface area contributed by atoms with E-state index in [-0.39, 0.29) is 0 Å². The normalized spacial score (nSPS) is 10.7. The van der Waals surface area contributed by atoms with Gasteiger partial charge >= 0.3 is 23.0 Å². The molecule has 0 N–H and O–H groups in total. The summed E-state index contributed by atoms with van der Waals surface area (Å²) in [6, 6.07) is 61.2. The molecule has 0 radical (unpaired) electrons. The quantitative estimate of drug-likeness (QED) is 0.0697. The van der Waals surface area contributed by atoms with Crippen LogP contribution in [0.1, 0.15) is 50.3 Å². The molecule has 2 aromatic heterocycles. The second-order valence-corrected chi connectivity index (χ2v) is 14.8. The molecule has 0 atom stereocenters. The van der Waals surface area contributed by atoms with E-state index in [9.17, 15) is 4.32 Å². The molecule has 0 saturated carbocycles. The topological polar surface area (TPSA) is 106 Å². The average Bonchev–Trinajstić information content (AvgIpc) is 3.37. The van der Waals surface area contributed by atoms with Crippen LogP contribution < -0.4 is 29.0 Å². The SMILES string of the molecule is CCOc1ccc(/C=C/c2cc(-c3ccccc3)cc(-c3ccccc3)[o+]2)cc1OCC.CCOc1ccc(/C=C/c2cc(-c3ccccc3)cc(-c3ccccc3)[o+]2)cc1OCC.[O-]B([O-])F. The fourth-order valence-corrected chi connectivity index (χ4v) is 6.99. The zero-order valence-electron chi connectivity index (χ0n) is 38.7. The van der Waals surface area contributed by atoms with E-state index >= 15 is 0 Å². The standard InChI is InChI=1S/2C29H27O3.BFO2/c2*1-3-30-27-18-16-22(19-29(27)31-4-2)15-17-26-20-25(23-11-7-5-8-12-23)21-28(32-26)24-13-9-6-10-14-24;2-1(3)4/h2*5-21H,3-4H2,1-2H3;/q2*+1;-2/b2*17-15+;. The number of benzene rings is 6. The molecule has 10 heteroatoms. The molecular weight excluding hydrogens is 854 g/mol. The summed E-state index contributed by atoms with van der Waals surface area (Å²) in [5.74, 6) is 6.21. The van der Waals surface area contributed by atoms with Gasteiger partial charge in [-0.2, -0.15) is 0 Å². The van der Waals surface area contributed by atoms with E-state index in [0.29, 0.717) is 26.4 Å². The predicted molar refractivity (Wildman–Crippen MR) is 270 cm³/mol. The zero-order valence-corrected chi connectivity index (χ0v) is 38.7. The Hall–Kier alpha value is -7.79. The number of ether oxygens (including phenoxy) is 4. The maximum absolute atomic E-state index is 9.89. The molecular formula is C58H54BFO8. The van der Waals surface area contributed by atoms with E-state index < -0.39 is 7.40 Å². The van der Waals surface area contributed by atoms with E-state index in [4.69, 9.17) is 37.8 Å². The van der Waals surface area contributed by atoms with E-state index in [2.05, 4.69) is 72.8 Å². The zero-order chi connectivity index (χ0) is 47.9. The summed E-state index contributed by atoms with van der Waals surface area (Å²) < 4.78 is 45.2. The molecule has 0 aliphatic heterocycles. The lowest BCUT2D eigenvalue weighted by atomic mass is 10.0. The lowest BCUT2D eigenvalue weighted by molar-refractivity contribution is -0.366. The number of rotatable bonds is 16. The Morgan fingerprint density at radius 1 is 0.382 bits per heavy atom. The lowest BCUT2D eigenvalue weighted by Crippen LogP contribution is -2.39. The minimum Gasteiger partial charge on any atom is -0.867 e. The van der Waals surface area contributed by atoms with E-state index in [0.717, 1.165) is 90.5 Å².